The molecule has 0 saturated carbocycles. The van der Waals surface area contributed by atoms with Crippen molar-refractivity contribution in [1.29, 1.82) is 0 Å². The van der Waals surface area contributed by atoms with Gasteiger partial charge in [0.05, 0.1) is 4.87 Å². The summed E-state index contributed by atoms with van der Waals surface area (Å²) in [5, 5.41) is 0. The van der Waals surface area contributed by atoms with Crippen LogP contribution < -0.4 is 0 Å². The lowest BCUT2D eigenvalue weighted by atomic mass is 9.86. The van der Waals surface area contributed by atoms with Crippen LogP contribution in [0.2, 0.25) is 0 Å². The van der Waals surface area contributed by atoms with Gasteiger partial charge in [0.25, 0.3) is 5.91 Å². The number of likely N-dealkylation sites (tertiary alicyclic amines) is 1. The molecule has 5 heteroatoms. The van der Waals surface area contributed by atoms with Crippen LogP contribution in [0.25, 0.3) is 0 Å². The van der Waals surface area contributed by atoms with E-state index in [1.54, 1.807) is 0 Å². The number of hydrogen-bond donors (Lipinski definition) is 0. The smallest absolute Gasteiger partial charge is 0.254 e. The van der Waals surface area contributed by atoms with Crippen LogP contribution >= 0.6 is 11.8 Å². The molecular weight excluding hydrogens is 392 g/mol. The van der Waals surface area contributed by atoms with Crippen molar-refractivity contribution in [2.45, 2.75) is 82.9 Å². The topological polar surface area (TPSA) is 40.6 Å². The van der Waals surface area contributed by atoms with Gasteiger partial charge >= 0.3 is 0 Å². The minimum absolute atomic E-state index is 0.0855. The number of rotatable bonds is 6. The predicted molar refractivity (Wildman–Crippen MR) is 126 cm³/mol. The molecule has 0 aromatic heterocycles. The minimum atomic E-state index is -0.140. The Labute approximate surface area is 186 Å². The molecule has 166 valence electrons. The molecule has 0 radical (unpaired) electrons. The van der Waals surface area contributed by atoms with Crippen molar-refractivity contribution < 1.29 is 9.59 Å². The Bertz CT molecular complexity index is 731. The molecule has 0 aliphatic carbocycles. The number of hydrogen-bond acceptors (Lipinski definition) is 3. The second-order valence-electron chi connectivity index (χ2n) is 9.77. The number of unbranched alkanes of at least 4 members (excludes halogenated alkanes) is 3. The van der Waals surface area contributed by atoms with Gasteiger partial charge in [-0.3, -0.25) is 9.59 Å². The van der Waals surface area contributed by atoms with Crippen molar-refractivity contribution in [2.75, 3.05) is 25.4 Å². The average molecular weight is 431 g/mol. The average Bonchev–Trinajstić information content (AvgIpc) is 3.13. The first kappa shape index (κ1) is 23.2. The van der Waals surface area contributed by atoms with E-state index in [0.717, 1.165) is 56.6 Å². The third-order valence-corrected chi connectivity index (χ3v) is 8.11. The normalized spacial score (nSPS) is 18.8. The zero-order valence-electron chi connectivity index (χ0n) is 19.2. The first-order valence-corrected chi connectivity index (χ1v) is 12.6. The molecule has 1 aromatic rings. The molecule has 2 saturated heterocycles. The van der Waals surface area contributed by atoms with Crippen LogP contribution in [0.15, 0.2) is 24.3 Å². The van der Waals surface area contributed by atoms with Gasteiger partial charge in [-0.15, -0.1) is 11.8 Å². The SMILES string of the molecule is CCCCCCC(=O)N1CCC2(CC1)SCCN2C(=O)c1ccc(C(C)(C)C)cc1. The molecule has 3 rings (SSSR count). The molecule has 2 amide bonds. The highest BCUT2D eigenvalue weighted by Crippen LogP contribution is 2.44. The van der Waals surface area contributed by atoms with Crippen molar-refractivity contribution in [2.24, 2.45) is 0 Å². The van der Waals surface area contributed by atoms with E-state index in [0.29, 0.717) is 12.3 Å². The maximum absolute atomic E-state index is 13.3. The van der Waals surface area contributed by atoms with E-state index >= 15 is 0 Å². The van der Waals surface area contributed by atoms with Gasteiger partial charge in [-0.2, -0.15) is 0 Å². The monoisotopic (exact) mass is 430 g/mol. The molecule has 2 aliphatic rings. The van der Waals surface area contributed by atoms with Gasteiger partial charge in [-0.1, -0.05) is 59.1 Å². The summed E-state index contributed by atoms with van der Waals surface area (Å²) in [6.45, 7) is 11.1. The molecule has 30 heavy (non-hydrogen) atoms. The third kappa shape index (κ3) is 5.22. The highest BCUT2D eigenvalue weighted by atomic mass is 32.2. The van der Waals surface area contributed by atoms with Gasteiger partial charge in [-0.05, 0) is 42.4 Å². The first-order valence-electron chi connectivity index (χ1n) is 11.6. The highest BCUT2D eigenvalue weighted by molar-refractivity contribution is 8.00. The van der Waals surface area contributed by atoms with Gasteiger partial charge in [0.2, 0.25) is 5.91 Å². The molecule has 0 atom stereocenters. The summed E-state index contributed by atoms with van der Waals surface area (Å²) < 4.78 is 0. The highest BCUT2D eigenvalue weighted by Gasteiger charge is 2.47. The second kappa shape index (κ2) is 9.76. The Kier molecular flexibility index (Phi) is 7.54. The standard InChI is InChI=1S/C25H38N2O2S/c1-5-6-7-8-9-22(28)26-16-14-25(15-17-26)27(18-19-30-25)23(29)20-10-12-21(13-11-20)24(2,3)4/h10-13H,5-9,14-19H2,1-4H3. The summed E-state index contributed by atoms with van der Waals surface area (Å²) >= 11 is 1.91. The lowest BCUT2D eigenvalue weighted by molar-refractivity contribution is -0.132. The molecule has 4 nitrogen and oxygen atoms in total. The maximum atomic E-state index is 13.3. The summed E-state index contributed by atoms with van der Waals surface area (Å²) in [7, 11) is 0. The van der Waals surface area contributed by atoms with Gasteiger partial charge in [0, 0.05) is 37.4 Å². The van der Waals surface area contributed by atoms with Gasteiger partial charge in [-0.25, -0.2) is 0 Å². The van der Waals surface area contributed by atoms with E-state index in [-0.39, 0.29) is 16.2 Å². The first-order chi connectivity index (χ1) is 14.3. The Morgan fingerprint density at radius 2 is 1.67 bits per heavy atom. The zero-order valence-corrected chi connectivity index (χ0v) is 20.0. The Morgan fingerprint density at radius 1 is 1.00 bits per heavy atom. The fraction of sp³-hybridized carbons (Fsp3) is 0.680. The zero-order chi connectivity index (χ0) is 21.8. The maximum Gasteiger partial charge on any atom is 0.254 e. The minimum Gasteiger partial charge on any atom is -0.342 e. The largest absolute Gasteiger partial charge is 0.342 e. The van der Waals surface area contributed by atoms with E-state index in [2.05, 4.69) is 44.7 Å². The number of benzene rings is 1. The number of amides is 2. The molecule has 0 unspecified atom stereocenters. The molecule has 0 N–H and O–H groups in total. The van der Waals surface area contributed by atoms with Crippen molar-refractivity contribution >= 4 is 23.6 Å². The number of carbonyl (C=O) groups excluding carboxylic acids is 2. The molecule has 0 bridgehead atoms. The Hall–Kier alpha value is -1.49. The molecule has 2 fully saturated rings. The van der Waals surface area contributed by atoms with Crippen LogP contribution in [0.1, 0.15) is 88.6 Å². The number of nitrogens with zero attached hydrogens (tertiary/aromatic N) is 2. The van der Waals surface area contributed by atoms with Crippen molar-refractivity contribution in [1.82, 2.24) is 9.80 Å². The predicted octanol–water partition coefficient (Wildman–Crippen LogP) is 5.46. The fourth-order valence-corrected chi connectivity index (χ4v) is 6.00. The van der Waals surface area contributed by atoms with Gasteiger partial charge < -0.3 is 9.80 Å². The van der Waals surface area contributed by atoms with Crippen LogP contribution in [0.5, 0.6) is 0 Å². The fourth-order valence-electron chi connectivity index (χ4n) is 4.54. The van der Waals surface area contributed by atoms with Crippen molar-refractivity contribution in [3.8, 4) is 0 Å². The van der Waals surface area contributed by atoms with Crippen LogP contribution in [0.3, 0.4) is 0 Å². The van der Waals surface area contributed by atoms with Crippen LogP contribution in [0, 0.1) is 0 Å². The van der Waals surface area contributed by atoms with Crippen LogP contribution in [-0.4, -0.2) is 51.9 Å². The van der Waals surface area contributed by atoms with E-state index in [4.69, 9.17) is 0 Å². The molecule has 1 aromatic carbocycles. The lowest BCUT2D eigenvalue weighted by Crippen LogP contribution is -2.53. The van der Waals surface area contributed by atoms with Gasteiger partial charge in [0.1, 0.15) is 0 Å². The second-order valence-corrected chi connectivity index (χ2v) is 11.2. The third-order valence-electron chi connectivity index (χ3n) is 6.56. The quantitative estimate of drug-likeness (QED) is 0.563. The lowest BCUT2D eigenvalue weighted by Gasteiger charge is -2.44. The summed E-state index contributed by atoms with van der Waals surface area (Å²) in [6.07, 6.45) is 6.98. The van der Waals surface area contributed by atoms with Crippen molar-refractivity contribution in [3.05, 3.63) is 35.4 Å². The molecule has 1 spiro atoms. The van der Waals surface area contributed by atoms with Crippen molar-refractivity contribution in [3.63, 3.8) is 0 Å². The van der Waals surface area contributed by atoms with Crippen LogP contribution in [-0.2, 0) is 10.2 Å². The molecule has 2 aliphatic heterocycles. The number of carbonyl (C=O) groups is 2. The number of thioether (sulfide) groups is 1. The van der Waals surface area contributed by atoms with E-state index < -0.39 is 0 Å². The summed E-state index contributed by atoms with van der Waals surface area (Å²) in [5.74, 6) is 1.41. The van der Waals surface area contributed by atoms with E-state index in [9.17, 15) is 9.59 Å². The Morgan fingerprint density at radius 3 is 2.27 bits per heavy atom. The molecular formula is C25H38N2O2S. The van der Waals surface area contributed by atoms with Gasteiger partial charge in [0.15, 0.2) is 0 Å². The summed E-state index contributed by atoms with van der Waals surface area (Å²) in [6, 6.07) is 8.13. The van der Waals surface area contributed by atoms with E-state index in [1.165, 1.54) is 18.4 Å². The number of piperidine rings is 1. The van der Waals surface area contributed by atoms with Crippen LogP contribution in [0.4, 0.5) is 0 Å². The Balaban J connectivity index is 1.60. The molecule has 2 heterocycles. The van der Waals surface area contributed by atoms with E-state index in [1.807, 2.05) is 28.8 Å². The summed E-state index contributed by atoms with van der Waals surface area (Å²) in [4.78, 5) is 29.9. The summed E-state index contributed by atoms with van der Waals surface area (Å²) in [5.41, 5.74) is 2.11.